The predicted molar refractivity (Wildman–Crippen MR) is 113 cm³/mol. The lowest BCUT2D eigenvalue weighted by Gasteiger charge is -2.45. The molecule has 4 aromatic carbocycles. The lowest BCUT2D eigenvalue weighted by atomic mass is 9.61. The van der Waals surface area contributed by atoms with Gasteiger partial charge in [0.1, 0.15) is 11.5 Å². The second-order valence-electron chi connectivity index (χ2n) is 7.52. The van der Waals surface area contributed by atoms with E-state index in [2.05, 4.69) is 103 Å². The summed E-state index contributed by atoms with van der Waals surface area (Å²) in [6.07, 6.45) is 0. The fourth-order valence-electron chi connectivity index (χ4n) is 4.91. The van der Waals surface area contributed by atoms with Gasteiger partial charge in [0, 0.05) is 22.5 Å². The van der Waals surface area contributed by atoms with E-state index in [9.17, 15) is 0 Å². The monoisotopic (exact) mass is 361 g/mol. The SMILES string of the molecule is Cc1cccc2c1Oc1ccccc1C21c2ccccc2Nc2ccccc21. The first kappa shape index (κ1) is 15.5. The fraction of sp³-hybridized carbons (Fsp3) is 0.0769. The molecule has 0 aromatic heterocycles. The third kappa shape index (κ3) is 1.82. The maximum absolute atomic E-state index is 6.45. The van der Waals surface area contributed by atoms with Crippen LogP contribution in [0.25, 0.3) is 0 Å². The molecule has 6 rings (SSSR count). The van der Waals surface area contributed by atoms with Crippen molar-refractivity contribution in [1.29, 1.82) is 0 Å². The Morgan fingerprint density at radius 3 is 1.89 bits per heavy atom. The molecule has 2 heterocycles. The van der Waals surface area contributed by atoms with Gasteiger partial charge in [-0.15, -0.1) is 0 Å². The van der Waals surface area contributed by atoms with Gasteiger partial charge in [-0.25, -0.2) is 0 Å². The molecular weight excluding hydrogens is 342 g/mol. The minimum atomic E-state index is -0.408. The molecule has 0 saturated heterocycles. The minimum Gasteiger partial charge on any atom is -0.456 e. The zero-order chi connectivity index (χ0) is 18.7. The molecule has 0 saturated carbocycles. The molecule has 0 amide bonds. The fourth-order valence-corrected chi connectivity index (χ4v) is 4.91. The van der Waals surface area contributed by atoms with Crippen LogP contribution >= 0.6 is 0 Å². The Kier molecular flexibility index (Phi) is 3.05. The standard InChI is InChI=1S/C26H19NO/c1-17-9-8-13-21-25(17)28-24-16-7-4-12-20(24)26(21)18-10-2-5-14-22(18)27-23-15-6-3-11-19(23)26/h2-16,27H,1H3. The van der Waals surface area contributed by atoms with Crippen molar-refractivity contribution < 1.29 is 4.74 Å². The average Bonchev–Trinajstić information content (AvgIpc) is 2.74. The number of ether oxygens (including phenoxy) is 1. The van der Waals surface area contributed by atoms with Gasteiger partial charge in [0.05, 0.1) is 5.41 Å². The third-order valence-electron chi connectivity index (χ3n) is 6.05. The second-order valence-corrected chi connectivity index (χ2v) is 7.52. The molecule has 2 heteroatoms. The summed E-state index contributed by atoms with van der Waals surface area (Å²) in [5.74, 6) is 1.89. The largest absolute Gasteiger partial charge is 0.456 e. The van der Waals surface area contributed by atoms with E-state index < -0.39 is 5.41 Å². The van der Waals surface area contributed by atoms with Crippen molar-refractivity contribution in [3.8, 4) is 11.5 Å². The normalized spacial score (nSPS) is 14.8. The van der Waals surface area contributed by atoms with Crippen molar-refractivity contribution in [2.75, 3.05) is 5.32 Å². The van der Waals surface area contributed by atoms with Gasteiger partial charge >= 0.3 is 0 Å². The molecule has 1 N–H and O–H groups in total. The van der Waals surface area contributed by atoms with Crippen molar-refractivity contribution >= 4 is 11.4 Å². The van der Waals surface area contributed by atoms with Crippen molar-refractivity contribution in [3.63, 3.8) is 0 Å². The summed E-state index contributed by atoms with van der Waals surface area (Å²) in [5.41, 5.74) is 7.94. The highest BCUT2D eigenvalue weighted by molar-refractivity contribution is 5.84. The summed E-state index contributed by atoms with van der Waals surface area (Å²) in [5, 5.41) is 3.65. The maximum atomic E-state index is 6.45. The summed E-state index contributed by atoms with van der Waals surface area (Å²) in [4.78, 5) is 0. The van der Waals surface area contributed by atoms with Crippen LogP contribution in [0.3, 0.4) is 0 Å². The molecule has 134 valence electrons. The summed E-state index contributed by atoms with van der Waals surface area (Å²) in [6, 6.07) is 32.2. The molecule has 0 bridgehead atoms. The first-order valence-corrected chi connectivity index (χ1v) is 9.63. The van der Waals surface area contributed by atoms with Crippen molar-refractivity contribution in [1.82, 2.24) is 0 Å². The zero-order valence-corrected chi connectivity index (χ0v) is 15.6. The van der Waals surface area contributed by atoms with Crippen molar-refractivity contribution in [2.45, 2.75) is 12.3 Å². The van der Waals surface area contributed by atoms with E-state index in [4.69, 9.17) is 4.74 Å². The first-order chi connectivity index (χ1) is 13.8. The Bertz CT molecular complexity index is 1180. The van der Waals surface area contributed by atoms with Gasteiger partial charge in [-0.05, 0) is 41.8 Å². The molecule has 1 spiro atoms. The summed E-state index contributed by atoms with van der Waals surface area (Å²) in [7, 11) is 0. The van der Waals surface area contributed by atoms with Crippen LogP contribution in [0.1, 0.15) is 27.8 Å². The van der Waals surface area contributed by atoms with Crippen LogP contribution in [0.2, 0.25) is 0 Å². The molecule has 0 unspecified atom stereocenters. The van der Waals surface area contributed by atoms with E-state index in [-0.39, 0.29) is 0 Å². The Morgan fingerprint density at radius 1 is 0.607 bits per heavy atom. The van der Waals surface area contributed by atoms with Gasteiger partial charge < -0.3 is 10.1 Å². The van der Waals surface area contributed by atoms with E-state index >= 15 is 0 Å². The Labute approximate surface area is 164 Å². The smallest absolute Gasteiger partial charge is 0.135 e. The number of para-hydroxylation sites is 4. The molecule has 0 aliphatic carbocycles. The number of benzene rings is 4. The third-order valence-corrected chi connectivity index (χ3v) is 6.05. The molecule has 0 fully saturated rings. The summed E-state index contributed by atoms with van der Waals surface area (Å²) >= 11 is 0. The highest BCUT2D eigenvalue weighted by atomic mass is 16.5. The molecule has 0 atom stereocenters. The van der Waals surface area contributed by atoms with Crippen LogP contribution in [0.15, 0.2) is 91.0 Å². The van der Waals surface area contributed by atoms with E-state index in [0.717, 1.165) is 28.4 Å². The molecule has 2 nitrogen and oxygen atoms in total. The van der Waals surface area contributed by atoms with Gasteiger partial charge in [-0.2, -0.15) is 0 Å². The first-order valence-electron chi connectivity index (χ1n) is 9.63. The highest BCUT2D eigenvalue weighted by Crippen LogP contribution is 2.60. The van der Waals surface area contributed by atoms with Gasteiger partial charge in [-0.3, -0.25) is 0 Å². The topological polar surface area (TPSA) is 21.3 Å². The number of aryl methyl sites for hydroxylation is 1. The second kappa shape index (κ2) is 5.49. The number of nitrogens with one attached hydrogen (secondary N) is 1. The van der Waals surface area contributed by atoms with E-state index in [1.54, 1.807) is 0 Å². The Hall–Kier alpha value is -3.52. The average molecular weight is 361 g/mol. The molecule has 0 radical (unpaired) electrons. The van der Waals surface area contributed by atoms with Crippen LogP contribution in [-0.4, -0.2) is 0 Å². The maximum Gasteiger partial charge on any atom is 0.135 e. The minimum absolute atomic E-state index is 0.408. The van der Waals surface area contributed by atoms with Crippen molar-refractivity contribution in [3.05, 3.63) is 119 Å². The molecule has 2 aliphatic rings. The highest BCUT2D eigenvalue weighted by Gasteiger charge is 2.49. The Balaban J connectivity index is 1.86. The van der Waals surface area contributed by atoms with Crippen molar-refractivity contribution in [2.24, 2.45) is 0 Å². The van der Waals surface area contributed by atoms with Gasteiger partial charge in [0.15, 0.2) is 0 Å². The molecule has 2 aliphatic heterocycles. The van der Waals surface area contributed by atoms with Crippen LogP contribution < -0.4 is 10.1 Å². The predicted octanol–water partition coefficient (Wildman–Crippen LogP) is 6.54. The van der Waals surface area contributed by atoms with E-state index in [1.165, 1.54) is 22.3 Å². The lowest BCUT2D eigenvalue weighted by molar-refractivity contribution is 0.431. The number of hydrogen-bond donors (Lipinski definition) is 1. The van der Waals surface area contributed by atoms with E-state index in [1.807, 2.05) is 0 Å². The van der Waals surface area contributed by atoms with Crippen LogP contribution in [0, 0.1) is 6.92 Å². The molecule has 28 heavy (non-hydrogen) atoms. The van der Waals surface area contributed by atoms with Gasteiger partial charge in [0.2, 0.25) is 0 Å². The molecular formula is C26H19NO. The zero-order valence-electron chi connectivity index (χ0n) is 15.6. The van der Waals surface area contributed by atoms with Crippen LogP contribution in [0.5, 0.6) is 11.5 Å². The summed E-state index contributed by atoms with van der Waals surface area (Å²) < 4.78 is 6.45. The van der Waals surface area contributed by atoms with Crippen LogP contribution in [0.4, 0.5) is 11.4 Å². The van der Waals surface area contributed by atoms with Gasteiger partial charge in [0.25, 0.3) is 0 Å². The number of fused-ring (bicyclic) bond motifs is 8. The number of anilines is 2. The lowest BCUT2D eigenvalue weighted by Crippen LogP contribution is -2.37. The number of hydrogen-bond acceptors (Lipinski definition) is 2. The Morgan fingerprint density at radius 2 is 1.18 bits per heavy atom. The quantitative estimate of drug-likeness (QED) is 0.332. The van der Waals surface area contributed by atoms with Gasteiger partial charge in [-0.1, -0.05) is 72.8 Å². The van der Waals surface area contributed by atoms with E-state index in [0.29, 0.717) is 0 Å². The molecule has 4 aromatic rings. The summed E-state index contributed by atoms with van der Waals surface area (Å²) in [6.45, 7) is 2.12. The number of rotatable bonds is 0. The van der Waals surface area contributed by atoms with Crippen LogP contribution in [-0.2, 0) is 5.41 Å².